The van der Waals surface area contributed by atoms with Crippen molar-refractivity contribution >= 4 is 16.8 Å². The normalized spacial score (nSPS) is 10.9. The van der Waals surface area contributed by atoms with E-state index >= 15 is 0 Å². The maximum absolute atomic E-state index is 13.2. The highest BCUT2D eigenvalue weighted by atomic mass is 16.3. The lowest BCUT2D eigenvalue weighted by atomic mass is 9.96. The number of rotatable bonds is 3. The molecule has 0 amide bonds. The minimum atomic E-state index is -0.841. The number of carbonyl (C=O) groups excluding carboxylic acids is 1. The fourth-order valence-electron chi connectivity index (χ4n) is 3.11. The fourth-order valence-corrected chi connectivity index (χ4v) is 3.11. The van der Waals surface area contributed by atoms with Gasteiger partial charge >= 0.3 is 0 Å². The van der Waals surface area contributed by atoms with Crippen LogP contribution in [0.25, 0.3) is 22.3 Å². The van der Waals surface area contributed by atoms with E-state index in [1.165, 1.54) is 30.3 Å². The van der Waals surface area contributed by atoms with Crippen LogP contribution in [-0.2, 0) is 0 Å². The second kappa shape index (κ2) is 6.85. The van der Waals surface area contributed by atoms with Crippen LogP contribution in [0.5, 0.6) is 28.7 Å². The van der Waals surface area contributed by atoms with Crippen LogP contribution >= 0.6 is 0 Å². The van der Waals surface area contributed by atoms with Crippen LogP contribution in [0.3, 0.4) is 0 Å². The summed E-state index contributed by atoms with van der Waals surface area (Å²) in [4.78, 5) is 26.4. The minimum absolute atomic E-state index is 0.00710. The summed E-state index contributed by atoms with van der Waals surface area (Å²) >= 11 is 0. The van der Waals surface area contributed by atoms with Crippen molar-refractivity contribution in [2.24, 2.45) is 0 Å². The Morgan fingerprint density at radius 3 is 2.07 bits per heavy atom. The van der Waals surface area contributed by atoms with Gasteiger partial charge in [0.15, 0.2) is 23.0 Å². The van der Waals surface area contributed by atoms with E-state index in [-0.39, 0.29) is 33.6 Å². The first-order chi connectivity index (χ1) is 14.3. The zero-order valence-electron chi connectivity index (χ0n) is 15.2. The Morgan fingerprint density at radius 1 is 0.733 bits per heavy atom. The van der Waals surface area contributed by atoms with Gasteiger partial charge in [-0.1, -0.05) is 6.07 Å². The standard InChI is InChI=1S/C22H14O8/c23-12-6-4-10(8-15(12)26)20(28)19-21(29)18-14(25)2-1-3-17(18)30-22(19)11-5-7-13(24)16(27)9-11/h1-9,23-27H. The number of benzene rings is 3. The summed E-state index contributed by atoms with van der Waals surface area (Å²) in [6, 6.07) is 11.1. The van der Waals surface area contributed by atoms with E-state index in [4.69, 9.17) is 4.42 Å². The van der Waals surface area contributed by atoms with Crippen molar-refractivity contribution in [3.8, 4) is 40.1 Å². The molecular weight excluding hydrogens is 392 g/mol. The third kappa shape index (κ3) is 2.96. The Kier molecular flexibility index (Phi) is 4.31. The number of hydrogen-bond acceptors (Lipinski definition) is 8. The molecule has 0 atom stereocenters. The summed E-state index contributed by atoms with van der Waals surface area (Å²) < 4.78 is 5.75. The molecule has 0 fully saturated rings. The Morgan fingerprint density at radius 2 is 1.40 bits per heavy atom. The molecule has 30 heavy (non-hydrogen) atoms. The van der Waals surface area contributed by atoms with Crippen molar-refractivity contribution in [3.63, 3.8) is 0 Å². The molecule has 0 unspecified atom stereocenters. The molecule has 5 N–H and O–H groups in total. The van der Waals surface area contributed by atoms with Crippen LogP contribution in [0.15, 0.2) is 63.8 Å². The predicted molar refractivity (Wildman–Crippen MR) is 106 cm³/mol. The van der Waals surface area contributed by atoms with E-state index in [0.717, 1.165) is 24.3 Å². The first kappa shape index (κ1) is 18.9. The maximum atomic E-state index is 13.2. The van der Waals surface area contributed by atoms with E-state index in [1.807, 2.05) is 0 Å². The second-order valence-corrected chi connectivity index (χ2v) is 6.52. The average Bonchev–Trinajstić information content (AvgIpc) is 2.71. The number of fused-ring (bicyclic) bond motifs is 1. The van der Waals surface area contributed by atoms with E-state index in [0.29, 0.717) is 0 Å². The molecule has 0 aliphatic heterocycles. The van der Waals surface area contributed by atoms with Crippen LogP contribution < -0.4 is 5.43 Å². The highest BCUT2D eigenvalue weighted by molar-refractivity contribution is 6.13. The van der Waals surface area contributed by atoms with Gasteiger partial charge in [-0.3, -0.25) is 9.59 Å². The van der Waals surface area contributed by atoms with Gasteiger partial charge in [0.2, 0.25) is 11.2 Å². The van der Waals surface area contributed by atoms with Crippen LogP contribution in [-0.4, -0.2) is 31.3 Å². The van der Waals surface area contributed by atoms with Crippen LogP contribution in [0.2, 0.25) is 0 Å². The number of ketones is 1. The molecule has 150 valence electrons. The summed E-state index contributed by atoms with van der Waals surface area (Å²) in [5, 5.41) is 48.6. The van der Waals surface area contributed by atoms with Crippen molar-refractivity contribution in [1.82, 2.24) is 0 Å². The van der Waals surface area contributed by atoms with Gasteiger partial charge in [-0.2, -0.15) is 0 Å². The highest BCUT2D eigenvalue weighted by Crippen LogP contribution is 2.35. The molecule has 0 saturated carbocycles. The lowest BCUT2D eigenvalue weighted by molar-refractivity contribution is 0.103. The van der Waals surface area contributed by atoms with Gasteiger partial charge in [0.25, 0.3) is 0 Å². The quantitative estimate of drug-likeness (QED) is 0.257. The van der Waals surface area contributed by atoms with Gasteiger partial charge in [-0.05, 0) is 48.5 Å². The van der Waals surface area contributed by atoms with Crippen LogP contribution in [0.1, 0.15) is 15.9 Å². The molecular formula is C22H14O8. The van der Waals surface area contributed by atoms with Crippen molar-refractivity contribution in [3.05, 3.63) is 75.9 Å². The average molecular weight is 406 g/mol. The minimum Gasteiger partial charge on any atom is -0.507 e. The predicted octanol–water partition coefficient (Wildman–Crippen LogP) is 3.22. The third-order valence-electron chi connectivity index (χ3n) is 4.60. The zero-order valence-corrected chi connectivity index (χ0v) is 15.2. The molecule has 8 nitrogen and oxygen atoms in total. The first-order valence-corrected chi connectivity index (χ1v) is 8.65. The molecule has 0 saturated heterocycles. The monoisotopic (exact) mass is 406 g/mol. The van der Waals surface area contributed by atoms with Gasteiger partial charge in [0.05, 0.1) is 0 Å². The lowest BCUT2D eigenvalue weighted by Crippen LogP contribution is -2.18. The molecule has 3 aromatic carbocycles. The van der Waals surface area contributed by atoms with Gasteiger partial charge in [-0.25, -0.2) is 0 Å². The second-order valence-electron chi connectivity index (χ2n) is 6.52. The van der Waals surface area contributed by atoms with Gasteiger partial charge in [0.1, 0.15) is 28.0 Å². The smallest absolute Gasteiger partial charge is 0.208 e. The first-order valence-electron chi connectivity index (χ1n) is 8.65. The molecule has 8 heteroatoms. The topological polar surface area (TPSA) is 148 Å². The number of hydrogen-bond donors (Lipinski definition) is 5. The molecule has 0 aliphatic carbocycles. The molecule has 0 spiro atoms. The summed E-state index contributed by atoms with van der Waals surface area (Å²) in [5.74, 6) is -3.33. The van der Waals surface area contributed by atoms with Crippen molar-refractivity contribution < 1.29 is 34.7 Å². The number of phenolic OH excluding ortho intramolecular Hbond substituents is 5. The van der Waals surface area contributed by atoms with E-state index < -0.39 is 39.8 Å². The molecule has 0 radical (unpaired) electrons. The Hall–Kier alpha value is -4.46. The van der Waals surface area contributed by atoms with Crippen molar-refractivity contribution in [2.75, 3.05) is 0 Å². The van der Waals surface area contributed by atoms with E-state index in [9.17, 15) is 35.1 Å². The summed E-state index contributed by atoms with van der Waals surface area (Å²) in [6.45, 7) is 0. The van der Waals surface area contributed by atoms with Crippen molar-refractivity contribution in [2.45, 2.75) is 0 Å². The summed E-state index contributed by atoms with van der Waals surface area (Å²) in [6.07, 6.45) is 0. The van der Waals surface area contributed by atoms with Gasteiger partial charge in [-0.15, -0.1) is 0 Å². The van der Waals surface area contributed by atoms with E-state index in [2.05, 4.69) is 0 Å². The SMILES string of the molecule is O=C(c1ccc(O)c(O)c1)c1c(-c2ccc(O)c(O)c2)oc2cccc(O)c2c1=O. The summed E-state index contributed by atoms with van der Waals surface area (Å²) in [5.41, 5.74) is -1.27. The molecule has 1 aromatic heterocycles. The Balaban J connectivity index is 2.07. The Labute approximate surface area is 168 Å². The fraction of sp³-hybridized carbons (Fsp3) is 0. The maximum Gasteiger partial charge on any atom is 0.208 e. The number of aromatic hydroxyl groups is 5. The number of carbonyl (C=O) groups is 1. The third-order valence-corrected chi connectivity index (χ3v) is 4.60. The lowest BCUT2D eigenvalue weighted by Gasteiger charge is -2.11. The van der Waals surface area contributed by atoms with Gasteiger partial charge < -0.3 is 29.9 Å². The van der Waals surface area contributed by atoms with Crippen LogP contribution in [0, 0.1) is 0 Å². The molecule has 1 heterocycles. The number of phenols is 5. The van der Waals surface area contributed by atoms with Crippen LogP contribution in [0.4, 0.5) is 0 Å². The van der Waals surface area contributed by atoms with Crippen molar-refractivity contribution in [1.29, 1.82) is 0 Å². The Bertz CT molecular complexity index is 1380. The molecule has 0 bridgehead atoms. The molecule has 4 rings (SSSR count). The molecule has 0 aliphatic rings. The highest BCUT2D eigenvalue weighted by Gasteiger charge is 2.25. The zero-order chi connectivity index (χ0) is 21.6. The molecule has 4 aromatic rings. The van der Waals surface area contributed by atoms with E-state index in [1.54, 1.807) is 0 Å². The summed E-state index contributed by atoms with van der Waals surface area (Å²) in [7, 11) is 0. The largest absolute Gasteiger partial charge is 0.507 e. The van der Waals surface area contributed by atoms with Gasteiger partial charge in [0, 0.05) is 11.1 Å².